The van der Waals surface area contributed by atoms with Crippen LogP contribution in [0.5, 0.6) is 5.75 Å². The number of halogens is 3. The number of carbonyl (C=O) groups is 1. The van der Waals surface area contributed by atoms with Crippen LogP contribution in [0, 0.1) is 24.4 Å². The normalized spacial score (nSPS) is 11.5. The Balaban J connectivity index is 0.00000450. The van der Waals surface area contributed by atoms with Crippen LogP contribution in [0.3, 0.4) is 0 Å². The second kappa shape index (κ2) is 12.1. The van der Waals surface area contributed by atoms with E-state index in [0.717, 1.165) is 22.7 Å². The van der Waals surface area contributed by atoms with E-state index in [1.165, 1.54) is 14.2 Å². The fourth-order valence-electron chi connectivity index (χ4n) is 2.39. The molecular weight excluding hydrogens is 428 g/mol. The van der Waals surface area contributed by atoms with Crippen LogP contribution in [0.2, 0.25) is 0 Å². The first-order valence-electron chi connectivity index (χ1n) is 8.29. The third-order valence-electron chi connectivity index (χ3n) is 3.84. The Hall–Kier alpha value is -1.92. The van der Waals surface area contributed by atoms with Crippen molar-refractivity contribution in [1.29, 1.82) is 0 Å². The van der Waals surface area contributed by atoms with Crippen molar-refractivity contribution >= 4 is 23.8 Å². The summed E-state index contributed by atoms with van der Waals surface area (Å²) in [4.78, 5) is 14.7. The van der Waals surface area contributed by atoms with E-state index in [4.69, 9.17) is 4.74 Å². The Labute approximate surface area is 214 Å². The molecule has 0 amide bonds. The van der Waals surface area contributed by atoms with Gasteiger partial charge in [0.1, 0.15) is 5.75 Å². The van der Waals surface area contributed by atoms with Crippen LogP contribution >= 0.6 is 0 Å². The van der Waals surface area contributed by atoms with Crippen molar-refractivity contribution in [1.82, 2.24) is 5.01 Å². The summed E-state index contributed by atoms with van der Waals surface area (Å²) >= 11 is 0. The first kappa shape index (κ1) is 26.1. The number of ether oxygens (including phenoxy) is 1. The zero-order chi connectivity index (χ0) is 21.6. The molecule has 0 aliphatic carbocycles. The van der Waals surface area contributed by atoms with Gasteiger partial charge in [-0.2, -0.15) is 5.10 Å². The Morgan fingerprint density at radius 1 is 1.23 bits per heavy atom. The number of methoxy groups -OCH3 is 1. The average molecular weight is 446 g/mol. The van der Waals surface area contributed by atoms with Gasteiger partial charge in [0.05, 0.1) is 13.7 Å². The van der Waals surface area contributed by atoms with Crippen LogP contribution in [0.15, 0.2) is 40.4 Å². The summed E-state index contributed by atoms with van der Waals surface area (Å²) in [5.74, 6) is -5.00. The molecule has 0 saturated carbocycles. The monoisotopic (exact) mass is 446 g/mol. The molecule has 30 heavy (non-hydrogen) atoms. The number of hydrogen-bond donors (Lipinski definition) is 1. The van der Waals surface area contributed by atoms with E-state index >= 15 is 0 Å². The first-order chi connectivity index (χ1) is 13.8. The molecule has 0 aliphatic heterocycles. The van der Waals surface area contributed by atoms with Crippen LogP contribution in [0.25, 0.3) is 0 Å². The molecule has 0 radical (unpaired) electrons. The van der Waals surface area contributed by atoms with Crippen molar-refractivity contribution in [2.24, 2.45) is 10.1 Å². The van der Waals surface area contributed by atoms with Crippen molar-refractivity contribution in [3.8, 4) is 5.75 Å². The third kappa shape index (κ3) is 6.81. The van der Waals surface area contributed by atoms with Crippen LogP contribution < -0.4 is 66.5 Å². The average Bonchev–Trinajstić information content (AvgIpc) is 2.70. The van der Waals surface area contributed by atoms with Gasteiger partial charge in [-0.1, -0.05) is 6.07 Å². The zero-order valence-electron chi connectivity index (χ0n) is 16.9. The maximum atomic E-state index is 13.5. The fourth-order valence-corrected chi connectivity index (χ4v) is 2.39. The number of aryl methyl sites for hydroxylation is 1. The molecule has 11 heteroatoms. The SMILES string of the molecule is CN=C(Nc1cc(OC)ccc1C)N(Cc1cc(F)c(F)c(F)c1)/N=C(/[O-])C=O.[K+]. The molecule has 0 saturated heterocycles. The summed E-state index contributed by atoms with van der Waals surface area (Å²) in [6.07, 6.45) is -0.0249. The van der Waals surface area contributed by atoms with Gasteiger partial charge in [0.2, 0.25) is 5.96 Å². The number of benzene rings is 2. The van der Waals surface area contributed by atoms with Crippen LogP contribution in [-0.4, -0.2) is 37.3 Å². The molecule has 0 fully saturated rings. The number of aldehydes is 1. The summed E-state index contributed by atoms with van der Waals surface area (Å²) in [5, 5.41) is 19.0. The van der Waals surface area contributed by atoms with Gasteiger partial charge < -0.3 is 15.2 Å². The Morgan fingerprint density at radius 2 is 1.87 bits per heavy atom. The molecule has 0 unspecified atom stereocenters. The van der Waals surface area contributed by atoms with E-state index in [1.807, 2.05) is 0 Å². The summed E-state index contributed by atoms with van der Waals surface area (Å²) in [6.45, 7) is 1.44. The third-order valence-corrected chi connectivity index (χ3v) is 3.84. The first-order valence-corrected chi connectivity index (χ1v) is 8.29. The predicted molar refractivity (Wildman–Crippen MR) is 100 cm³/mol. The van der Waals surface area contributed by atoms with Gasteiger partial charge in [0, 0.05) is 24.7 Å². The number of hydrazone groups is 1. The summed E-state index contributed by atoms with van der Waals surface area (Å²) in [5.41, 5.74) is 1.32. The molecule has 154 valence electrons. The van der Waals surface area contributed by atoms with Crippen molar-refractivity contribution in [2.45, 2.75) is 13.5 Å². The standard InChI is InChI=1S/C19H19F3N4O3.K/c1-11-4-5-13(29-3)8-16(11)24-19(23-2)26(25-17(28)10-27)9-12-6-14(20)18(22)15(21)7-12;/h4-8,10H,9H2,1-3H3,(H,23,24)(H,25,28);/q;+1/p-1. The number of nitrogens with one attached hydrogen (secondary N) is 1. The minimum absolute atomic E-state index is 0. The molecule has 2 rings (SSSR count). The minimum atomic E-state index is -1.62. The van der Waals surface area contributed by atoms with Gasteiger partial charge in [-0.05, 0) is 36.2 Å². The quantitative estimate of drug-likeness (QED) is 0.157. The smallest absolute Gasteiger partial charge is 0.855 e. The van der Waals surface area contributed by atoms with Gasteiger partial charge in [-0.15, -0.1) is 0 Å². The van der Waals surface area contributed by atoms with E-state index in [2.05, 4.69) is 15.4 Å². The van der Waals surface area contributed by atoms with Crippen molar-refractivity contribution < 1.29 is 79.2 Å². The number of anilines is 1. The molecule has 0 heterocycles. The molecule has 0 atom stereocenters. The number of hydrogen-bond acceptors (Lipinski definition) is 5. The van der Waals surface area contributed by atoms with Crippen molar-refractivity contribution in [3.63, 3.8) is 0 Å². The van der Waals surface area contributed by atoms with E-state index in [-0.39, 0.29) is 75.7 Å². The largest absolute Gasteiger partial charge is 1.00 e. The Bertz CT molecular complexity index is 947. The number of nitrogens with zero attached hydrogens (tertiary/aromatic N) is 3. The predicted octanol–water partition coefficient (Wildman–Crippen LogP) is -0.802. The molecule has 0 aromatic heterocycles. The van der Waals surface area contributed by atoms with Crippen LogP contribution in [0.4, 0.5) is 18.9 Å². The van der Waals surface area contributed by atoms with Gasteiger partial charge in [-0.3, -0.25) is 9.79 Å². The Kier molecular flexibility index (Phi) is 10.5. The van der Waals surface area contributed by atoms with E-state index in [0.29, 0.717) is 11.4 Å². The van der Waals surface area contributed by atoms with Gasteiger partial charge in [-0.25, -0.2) is 18.2 Å². The molecule has 2 aromatic rings. The second-order valence-corrected chi connectivity index (χ2v) is 5.84. The summed E-state index contributed by atoms with van der Waals surface area (Å²) < 4.78 is 45.4. The van der Waals surface area contributed by atoms with Crippen molar-refractivity contribution in [3.05, 3.63) is 58.9 Å². The topological polar surface area (TPSA) is 89.3 Å². The zero-order valence-corrected chi connectivity index (χ0v) is 20.0. The summed E-state index contributed by atoms with van der Waals surface area (Å²) in [7, 11) is 2.88. The van der Waals surface area contributed by atoms with E-state index in [1.54, 1.807) is 25.1 Å². The van der Waals surface area contributed by atoms with E-state index in [9.17, 15) is 23.1 Å². The second-order valence-electron chi connectivity index (χ2n) is 5.84. The molecule has 0 bridgehead atoms. The molecule has 2 aromatic carbocycles. The van der Waals surface area contributed by atoms with Crippen LogP contribution in [-0.2, 0) is 11.3 Å². The molecule has 1 N–H and O–H groups in total. The number of aliphatic imine (C=N–C) groups is 1. The molecule has 0 aliphatic rings. The fraction of sp³-hybridized carbons (Fsp3) is 0.211. The van der Waals surface area contributed by atoms with Gasteiger partial charge in [0.15, 0.2) is 23.7 Å². The van der Waals surface area contributed by atoms with E-state index < -0.39 is 23.3 Å². The van der Waals surface area contributed by atoms with Crippen molar-refractivity contribution in [2.75, 3.05) is 19.5 Å². The number of guanidine groups is 1. The van der Waals surface area contributed by atoms with Gasteiger partial charge >= 0.3 is 51.4 Å². The number of carbonyl (C=O) groups excluding carboxylic acids is 1. The minimum Gasteiger partial charge on any atom is -0.855 e. The molecule has 0 spiro atoms. The summed E-state index contributed by atoms with van der Waals surface area (Å²) in [6, 6.07) is 6.70. The molecular formula is C19H18F3KN4O3. The molecule has 7 nitrogen and oxygen atoms in total. The van der Waals surface area contributed by atoms with Gasteiger partial charge in [0.25, 0.3) is 0 Å². The Morgan fingerprint density at radius 3 is 2.40 bits per heavy atom. The maximum absolute atomic E-state index is 13.5. The maximum Gasteiger partial charge on any atom is 1.00 e. The number of rotatable bonds is 6. The van der Waals surface area contributed by atoms with Crippen LogP contribution in [0.1, 0.15) is 11.1 Å².